The predicted molar refractivity (Wildman–Crippen MR) is 146 cm³/mol. The number of fused-ring (bicyclic) bond motifs is 2. The smallest absolute Gasteiger partial charge is 0.281 e. The van der Waals surface area contributed by atoms with E-state index in [9.17, 15) is 14.0 Å². The van der Waals surface area contributed by atoms with Crippen LogP contribution in [0.2, 0.25) is 5.15 Å². The fraction of sp³-hybridized carbons (Fsp3) is 0.231. The molecular weight excluding hydrogens is 515 g/mol. The van der Waals surface area contributed by atoms with Crippen LogP contribution in [0.15, 0.2) is 53.3 Å². The fourth-order valence-corrected chi connectivity index (χ4v) is 5.05. The van der Waals surface area contributed by atoms with Crippen molar-refractivity contribution in [2.75, 3.05) is 16.5 Å². The van der Waals surface area contributed by atoms with E-state index in [1.165, 1.54) is 28.6 Å². The molecule has 11 heteroatoms. The molecule has 0 spiro atoms. The van der Waals surface area contributed by atoms with Gasteiger partial charge in [0.1, 0.15) is 11.0 Å². The SMILES string of the molecule is CSNC(=O)c1nc(Cl)ccc1NC(C)c1cccc2c(=O)n(C)c(N3Cc4ccc(F)cc4C3)nc12. The first-order valence-electron chi connectivity index (χ1n) is 11.5. The summed E-state index contributed by atoms with van der Waals surface area (Å²) in [6.07, 6.45) is 1.74. The molecule has 3 heterocycles. The minimum absolute atomic E-state index is 0.167. The summed E-state index contributed by atoms with van der Waals surface area (Å²) in [5, 5.41) is 4.02. The zero-order valence-corrected chi connectivity index (χ0v) is 22.0. The van der Waals surface area contributed by atoms with Gasteiger partial charge in [-0.05, 0) is 48.4 Å². The Morgan fingerprint density at radius 3 is 2.70 bits per heavy atom. The van der Waals surface area contributed by atoms with Crippen molar-refractivity contribution in [3.8, 4) is 0 Å². The summed E-state index contributed by atoms with van der Waals surface area (Å²) in [6, 6.07) is 13.2. The lowest BCUT2D eigenvalue weighted by Gasteiger charge is -2.22. The number of hydrogen-bond acceptors (Lipinski definition) is 7. The second-order valence-electron chi connectivity index (χ2n) is 8.82. The van der Waals surface area contributed by atoms with E-state index in [0.29, 0.717) is 35.6 Å². The molecule has 1 aliphatic heterocycles. The van der Waals surface area contributed by atoms with Crippen LogP contribution >= 0.6 is 23.5 Å². The standard InChI is InChI=1S/C26H24ClFN6O2S/c1-14(29-20-9-10-21(27)30-23(20)24(35)32-37-3)18-5-4-6-19-22(18)31-26(33(2)25(19)36)34-12-15-7-8-17(28)11-16(15)13-34/h4-11,14,29H,12-13H2,1-3H3,(H,32,35). The maximum atomic E-state index is 13.8. The van der Waals surface area contributed by atoms with E-state index in [-0.39, 0.29) is 34.2 Å². The molecular formula is C26H24ClFN6O2S. The molecule has 2 N–H and O–H groups in total. The molecule has 0 radical (unpaired) electrons. The molecule has 0 bridgehead atoms. The van der Waals surface area contributed by atoms with Crippen LogP contribution < -0.4 is 20.5 Å². The van der Waals surface area contributed by atoms with Gasteiger partial charge in [-0.3, -0.25) is 18.9 Å². The number of nitrogens with zero attached hydrogens (tertiary/aromatic N) is 4. The van der Waals surface area contributed by atoms with Crippen molar-refractivity contribution in [3.05, 3.63) is 92.2 Å². The van der Waals surface area contributed by atoms with Crippen molar-refractivity contribution in [1.29, 1.82) is 0 Å². The van der Waals surface area contributed by atoms with Gasteiger partial charge in [-0.1, -0.05) is 41.7 Å². The summed E-state index contributed by atoms with van der Waals surface area (Å²) < 4.78 is 18.0. The van der Waals surface area contributed by atoms with Crippen molar-refractivity contribution >= 4 is 52.0 Å². The molecule has 4 aromatic rings. The van der Waals surface area contributed by atoms with E-state index >= 15 is 0 Å². The molecule has 0 fully saturated rings. The first-order valence-corrected chi connectivity index (χ1v) is 13.2. The number of carbonyl (C=O) groups excluding carboxylic acids is 1. The van der Waals surface area contributed by atoms with Gasteiger partial charge in [-0.2, -0.15) is 0 Å². The number of benzene rings is 2. The number of para-hydroxylation sites is 1. The zero-order chi connectivity index (χ0) is 26.3. The van der Waals surface area contributed by atoms with E-state index in [2.05, 4.69) is 15.0 Å². The quantitative estimate of drug-likeness (QED) is 0.268. The third kappa shape index (κ3) is 4.74. The third-order valence-electron chi connectivity index (χ3n) is 6.40. The van der Waals surface area contributed by atoms with Gasteiger partial charge in [0.15, 0.2) is 5.69 Å². The Hall–Kier alpha value is -3.63. The molecule has 1 atom stereocenters. The summed E-state index contributed by atoms with van der Waals surface area (Å²) in [4.78, 5) is 37.0. The van der Waals surface area contributed by atoms with Crippen LogP contribution in [0, 0.1) is 5.82 Å². The largest absolute Gasteiger partial charge is 0.377 e. The number of anilines is 2. The first kappa shape index (κ1) is 25.0. The molecule has 8 nitrogen and oxygen atoms in total. The molecule has 1 aliphatic rings. The van der Waals surface area contributed by atoms with Gasteiger partial charge in [-0.15, -0.1) is 0 Å². The highest BCUT2D eigenvalue weighted by atomic mass is 35.5. The molecule has 1 amide bonds. The molecule has 2 aromatic heterocycles. The number of amides is 1. The molecule has 2 aromatic carbocycles. The maximum Gasteiger partial charge on any atom is 0.281 e. The van der Waals surface area contributed by atoms with E-state index in [1.807, 2.05) is 24.0 Å². The average Bonchev–Trinajstić information content (AvgIpc) is 3.29. The lowest BCUT2D eigenvalue weighted by molar-refractivity contribution is 0.0980. The second-order valence-corrected chi connectivity index (χ2v) is 9.82. The van der Waals surface area contributed by atoms with Crippen LogP contribution in [0.5, 0.6) is 0 Å². The highest BCUT2D eigenvalue weighted by molar-refractivity contribution is 7.97. The summed E-state index contributed by atoms with van der Waals surface area (Å²) in [5.74, 6) is -0.158. The summed E-state index contributed by atoms with van der Waals surface area (Å²) in [5.41, 5.74) is 3.71. The van der Waals surface area contributed by atoms with Crippen molar-refractivity contribution in [3.63, 3.8) is 0 Å². The number of halogens is 2. The normalized spacial score (nSPS) is 13.5. The lowest BCUT2D eigenvalue weighted by atomic mass is 10.0. The topological polar surface area (TPSA) is 92.2 Å². The molecule has 5 rings (SSSR count). The number of nitrogens with one attached hydrogen (secondary N) is 2. The van der Waals surface area contributed by atoms with Crippen LogP contribution in [0.3, 0.4) is 0 Å². The van der Waals surface area contributed by atoms with Crippen molar-refractivity contribution < 1.29 is 9.18 Å². The van der Waals surface area contributed by atoms with Crippen molar-refractivity contribution in [2.45, 2.75) is 26.1 Å². The Balaban J connectivity index is 1.54. The van der Waals surface area contributed by atoms with Gasteiger partial charge in [0.2, 0.25) is 5.95 Å². The van der Waals surface area contributed by atoms with E-state index in [1.54, 1.807) is 37.6 Å². The fourth-order valence-electron chi connectivity index (χ4n) is 4.62. The molecule has 190 valence electrons. The molecule has 37 heavy (non-hydrogen) atoms. The van der Waals surface area contributed by atoms with Gasteiger partial charge in [-0.25, -0.2) is 14.4 Å². The molecule has 0 aliphatic carbocycles. The van der Waals surface area contributed by atoms with Crippen LogP contribution in [0.1, 0.15) is 40.1 Å². The molecule has 0 saturated heterocycles. The van der Waals surface area contributed by atoms with E-state index < -0.39 is 0 Å². The van der Waals surface area contributed by atoms with Crippen LogP contribution in [-0.4, -0.2) is 26.7 Å². The Bertz CT molecular complexity index is 1590. The molecule has 0 saturated carbocycles. The lowest BCUT2D eigenvalue weighted by Crippen LogP contribution is -2.28. The minimum Gasteiger partial charge on any atom is -0.377 e. The van der Waals surface area contributed by atoms with Gasteiger partial charge in [0.05, 0.1) is 22.6 Å². The minimum atomic E-state index is -0.373. The second kappa shape index (κ2) is 10.0. The van der Waals surface area contributed by atoms with Gasteiger partial charge < -0.3 is 10.2 Å². The summed E-state index contributed by atoms with van der Waals surface area (Å²) >= 11 is 7.21. The van der Waals surface area contributed by atoms with Gasteiger partial charge in [0.25, 0.3) is 11.5 Å². The monoisotopic (exact) mass is 538 g/mol. The Morgan fingerprint density at radius 1 is 1.14 bits per heavy atom. The van der Waals surface area contributed by atoms with E-state index in [4.69, 9.17) is 16.6 Å². The Kier molecular flexibility index (Phi) is 6.78. The Labute approximate surface area is 222 Å². The van der Waals surface area contributed by atoms with E-state index in [0.717, 1.165) is 16.7 Å². The predicted octanol–water partition coefficient (Wildman–Crippen LogP) is 4.82. The third-order valence-corrected chi connectivity index (χ3v) is 7.00. The van der Waals surface area contributed by atoms with Crippen LogP contribution in [0.4, 0.5) is 16.0 Å². The summed E-state index contributed by atoms with van der Waals surface area (Å²) in [7, 11) is 1.69. The first-order chi connectivity index (χ1) is 17.8. The maximum absolute atomic E-state index is 13.8. The zero-order valence-electron chi connectivity index (χ0n) is 20.4. The van der Waals surface area contributed by atoms with Crippen LogP contribution in [-0.2, 0) is 20.1 Å². The van der Waals surface area contributed by atoms with Crippen molar-refractivity contribution in [1.82, 2.24) is 19.3 Å². The highest BCUT2D eigenvalue weighted by Crippen LogP contribution is 2.31. The van der Waals surface area contributed by atoms with Gasteiger partial charge >= 0.3 is 0 Å². The molecule has 1 unspecified atom stereocenters. The Morgan fingerprint density at radius 2 is 1.92 bits per heavy atom. The number of pyridine rings is 1. The number of hydrogen-bond donors (Lipinski definition) is 2. The van der Waals surface area contributed by atoms with Gasteiger partial charge in [0, 0.05) is 32.0 Å². The number of rotatable bonds is 6. The number of carbonyl (C=O) groups is 1. The highest BCUT2D eigenvalue weighted by Gasteiger charge is 2.25. The summed E-state index contributed by atoms with van der Waals surface area (Å²) in [6.45, 7) is 2.91. The average molecular weight is 539 g/mol. The number of aromatic nitrogens is 3. The van der Waals surface area contributed by atoms with Crippen molar-refractivity contribution in [2.24, 2.45) is 7.05 Å². The van der Waals surface area contributed by atoms with Crippen LogP contribution in [0.25, 0.3) is 10.9 Å².